The first-order valence-corrected chi connectivity index (χ1v) is 9.93. The van der Waals surface area contributed by atoms with Gasteiger partial charge in [-0.1, -0.05) is 48.5 Å². The third-order valence-electron chi connectivity index (χ3n) is 4.75. The number of likely N-dealkylation sites (N-methyl/N-ethyl adjacent to an activating group) is 1. The van der Waals surface area contributed by atoms with Crippen molar-refractivity contribution >= 4 is 15.9 Å². The van der Waals surface area contributed by atoms with Gasteiger partial charge in [-0.2, -0.15) is 4.31 Å². The van der Waals surface area contributed by atoms with E-state index < -0.39 is 10.0 Å². The van der Waals surface area contributed by atoms with E-state index in [4.69, 9.17) is 5.73 Å². The Bertz CT molecular complexity index is 856. The highest BCUT2D eigenvalue weighted by Crippen LogP contribution is 2.26. The smallest absolute Gasteiger partial charge is 0.243 e. The summed E-state index contributed by atoms with van der Waals surface area (Å²) in [6, 6.07) is 17.8. The summed E-state index contributed by atoms with van der Waals surface area (Å²) >= 11 is 0. The zero-order valence-electron chi connectivity index (χ0n) is 14.7. The summed E-state index contributed by atoms with van der Waals surface area (Å²) in [5.74, 6) is -0.169. The van der Waals surface area contributed by atoms with Gasteiger partial charge in [0.15, 0.2) is 0 Å². The minimum absolute atomic E-state index is 0.0659. The van der Waals surface area contributed by atoms with Crippen molar-refractivity contribution in [3.05, 3.63) is 66.2 Å². The number of nitrogens with zero attached hydrogens (tertiary/aromatic N) is 2. The second kappa shape index (κ2) is 7.57. The molecular weight excluding hydrogens is 350 g/mol. The number of benzene rings is 2. The van der Waals surface area contributed by atoms with E-state index in [9.17, 15) is 13.2 Å². The highest BCUT2D eigenvalue weighted by molar-refractivity contribution is 7.89. The summed E-state index contributed by atoms with van der Waals surface area (Å²) in [5, 5.41) is 0. The van der Waals surface area contributed by atoms with Crippen LogP contribution in [0.5, 0.6) is 0 Å². The molecule has 6 nitrogen and oxygen atoms in total. The highest BCUT2D eigenvalue weighted by Gasteiger charge is 2.35. The Hall–Kier alpha value is -2.22. The van der Waals surface area contributed by atoms with Gasteiger partial charge in [-0.15, -0.1) is 0 Å². The molecule has 2 atom stereocenters. The number of amides is 1. The molecule has 0 saturated carbocycles. The minimum atomic E-state index is -3.69. The molecule has 1 fully saturated rings. The highest BCUT2D eigenvalue weighted by atomic mass is 32.2. The van der Waals surface area contributed by atoms with Gasteiger partial charge in [0.25, 0.3) is 0 Å². The molecule has 0 spiro atoms. The maximum absolute atomic E-state index is 12.6. The van der Waals surface area contributed by atoms with Gasteiger partial charge in [-0.3, -0.25) is 4.79 Å². The minimum Gasteiger partial charge on any atom is -0.339 e. The molecule has 0 bridgehead atoms. The standard InChI is InChI=1S/C19H23N3O3S/c1-21(26(24,25)16-10-6-3-7-11-16)14-19(23)22-12-17(18(20)13-22)15-8-4-2-5-9-15/h2-11,17-18H,12-14,20H2,1H3/t17-,18+/m0/s1. The second-order valence-corrected chi connectivity index (χ2v) is 8.60. The predicted molar refractivity (Wildman–Crippen MR) is 100.0 cm³/mol. The fourth-order valence-corrected chi connectivity index (χ4v) is 4.37. The van der Waals surface area contributed by atoms with Crippen LogP contribution in [0.1, 0.15) is 11.5 Å². The van der Waals surface area contributed by atoms with E-state index in [1.54, 1.807) is 23.1 Å². The summed E-state index contributed by atoms with van der Waals surface area (Å²) in [7, 11) is -2.27. The summed E-state index contributed by atoms with van der Waals surface area (Å²) < 4.78 is 26.2. The molecule has 0 radical (unpaired) electrons. The number of likely N-dealkylation sites (tertiary alicyclic amines) is 1. The van der Waals surface area contributed by atoms with Crippen molar-refractivity contribution in [3.8, 4) is 0 Å². The van der Waals surface area contributed by atoms with E-state index in [0.717, 1.165) is 9.87 Å². The molecule has 138 valence electrons. The van der Waals surface area contributed by atoms with Crippen LogP contribution < -0.4 is 5.73 Å². The summed E-state index contributed by atoms with van der Waals surface area (Å²) in [6.45, 7) is 0.728. The van der Waals surface area contributed by atoms with E-state index in [1.165, 1.54) is 19.2 Å². The molecule has 2 aromatic rings. The number of carbonyl (C=O) groups is 1. The lowest BCUT2D eigenvalue weighted by molar-refractivity contribution is -0.130. The molecule has 0 aliphatic carbocycles. The number of hydrogen-bond acceptors (Lipinski definition) is 4. The van der Waals surface area contributed by atoms with Crippen LogP contribution in [0.4, 0.5) is 0 Å². The van der Waals surface area contributed by atoms with Crippen molar-refractivity contribution in [1.82, 2.24) is 9.21 Å². The maximum atomic E-state index is 12.6. The molecule has 1 heterocycles. The molecule has 26 heavy (non-hydrogen) atoms. The van der Waals surface area contributed by atoms with Crippen LogP contribution in [-0.2, 0) is 14.8 Å². The van der Waals surface area contributed by atoms with E-state index in [0.29, 0.717) is 13.1 Å². The average molecular weight is 373 g/mol. The lowest BCUT2D eigenvalue weighted by Crippen LogP contribution is -2.41. The van der Waals surface area contributed by atoms with Crippen molar-refractivity contribution < 1.29 is 13.2 Å². The molecule has 0 unspecified atom stereocenters. The summed E-state index contributed by atoms with van der Waals surface area (Å²) in [4.78, 5) is 14.4. The van der Waals surface area contributed by atoms with Gasteiger partial charge in [0, 0.05) is 32.1 Å². The van der Waals surface area contributed by atoms with Gasteiger partial charge < -0.3 is 10.6 Å². The van der Waals surface area contributed by atoms with Crippen LogP contribution in [0, 0.1) is 0 Å². The van der Waals surface area contributed by atoms with Gasteiger partial charge in [0.05, 0.1) is 11.4 Å². The normalized spacial score (nSPS) is 20.5. The molecule has 3 rings (SSSR count). The molecule has 1 saturated heterocycles. The second-order valence-electron chi connectivity index (χ2n) is 6.55. The van der Waals surface area contributed by atoms with Crippen LogP contribution in [0.3, 0.4) is 0 Å². The fourth-order valence-electron chi connectivity index (χ4n) is 3.23. The molecule has 7 heteroatoms. The third-order valence-corrected chi connectivity index (χ3v) is 6.57. The lowest BCUT2D eigenvalue weighted by Gasteiger charge is -2.21. The Labute approximate surface area is 154 Å². The number of hydrogen-bond donors (Lipinski definition) is 1. The number of nitrogens with two attached hydrogens (primary N) is 1. The predicted octanol–water partition coefficient (Wildman–Crippen LogP) is 1.26. The SMILES string of the molecule is CN(CC(=O)N1C[C@@H](N)[C@H](c2ccccc2)C1)S(=O)(=O)c1ccccc1. The molecule has 1 amide bonds. The summed E-state index contributed by atoms with van der Waals surface area (Å²) in [6.07, 6.45) is 0. The maximum Gasteiger partial charge on any atom is 0.243 e. The Morgan fingerprint density at radius 1 is 1.08 bits per heavy atom. The molecule has 0 aromatic heterocycles. The van der Waals surface area contributed by atoms with Gasteiger partial charge in [0.2, 0.25) is 15.9 Å². The fraction of sp³-hybridized carbons (Fsp3) is 0.316. The van der Waals surface area contributed by atoms with Gasteiger partial charge in [-0.25, -0.2) is 8.42 Å². The first kappa shape index (κ1) is 18.6. The quantitative estimate of drug-likeness (QED) is 0.855. The Kier molecular flexibility index (Phi) is 5.41. The Balaban J connectivity index is 1.67. The van der Waals surface area contributed by atoms with Crippen LogP contribution in [0.15, 0.2) is 65.6 Å². The summed E-state index contributed by atoms with van der Waals surface area (Å²) in [5.41, 5.74) is 7.32. The molecule has 2 N–H and O–H groups in total. The van der Waals surface area contributed by atoms with Crippen LogP contribution in [-0.4, -0.2) is 56.3 Å². The number of carbonyl (C=O) groups excluding carboxylic acids is 1. The van der Waals surface area contributed by atoms with Crippen LogP contribution in [0.2, 0.25) is 0 Å². The van der Waals surface area contributed by atoms with E-state index in [-0.39, 0.29) is 29.3 Å². The van der Waals surface area contributed by atoms with Gasteiger partial charge >= 0.3 is 0 Å². The topological polar surface area (TPSA) is 83.7 Å². The van der Waals surface area contributed by atoms with E-state index in [2.05, 4.69) is 0 Å². The van der Waals surface area contributed by atoms with Crippen LogP contribution >= 0.6 is 0 Å². The van der Waals surface area contributed by atoms with Crippen molar-refractivity contribution in [2.24, 2.45) is 5.73 Å². The van der Waals surface area contributed by atoms with Crippen molar-refractivity contribution in [2.45, 2.75) is 16.9 Å². The molecule has 2 aromatic carbocycles. The van der Waals surface area contributed by atoms with Gasteiger partial charge in [-0.05, 0) is 17.7 Å². The first-order valence-electron chi connectivity index (χ1n) is 8.49. The monoisotopic (exact) mass is 373 g/mol. The van der Waals surface area contributed by atoms with E-state index >= 15 is 0 Å². The van der Waals surface area contributed by atoms with Crippen LogP contribution in [0.25, 0.3) is 0 Å². The van der Waals surface area contributed by atoms with Crippen molar-refractivity contribution in [3.63, 3.8) is 0 Å². The van der Waals surface area contributed by atoms with Crippen molar-refractivity contribution in [2.75, 3.05) is 26.7 Å². The Morgan fingerprint density at radius 2 is 1.65 bits per heavy atom. The zero-order valence-corrected chi connectivity index (χ0v) is 15.5. The van der Waals surface area contributed by atoms with E-state index in [1.807, 2.05) is 30.3 Å². The lowest BCUT2D eigenvalue weighted by atomic mass is 9.95. The largest absolute Gasteiger partial charge is 0.339 e. The van der Waals surface area contributed by atoms with Gasteiger partial charge in [0.1, 0.15) is 0 Å². The third kappa shape index (κ3) is 3.80. The number of rotatable bonds is 5. The Morgan fingerprint density at radius 3 is 2.27 bits per heavy atom. The molecule has 1 aliphatic rings. The van der Waals surface area contributed by atoms with Crippen molar-refractivity contribution in [1.29, 1.82) is 0 Å². The molecule has 1 aliphatic heterocycles. The first-order chi connectivity index (χ1) is 12.4. The number of sulfonamides is 1. The zero-order chi connectivity index (χ0) is 18.7. The molecular formula is C19H23N3O3S. The average Bonchev–Trinajstić information content (AvgIpc) is 3.05.